The van der Waals surface area contributed by atoms with Crippen molar-refractivity contribution in [3.05, 3.63) is 5.82 Å². The summed E-state index contributed by atoms with van der Waals surface area (Å²) in [5, 5.41) is 5.46. The smallest absolute Gasteiger partial charge is 0.249 e. The number of amides is 2. The van der Waals surface area contributed by atoms with Gasteiger partial charge < -0.3 is 5.32 Å². The molecule has 0 bridgehead atoms. The number of aryl methyl sites for hydroxylation is 1. The average molecular weight is 260 g/mol. The normalized spacial score (nSPS) is 11.9. The van der Waals surface area contributed by atoms with Crippen LogP contribution in [0.5, 0.6) is 0 Å². The van der Waals surface area contributed by atoms with E-state index in [0.717, 1.165) is 11.5 Å². The van der Waals surface area contributed by atoms with E-state index in [4.69, 9.17) is 0 Å². The van der Waals surface area contributed by atoms with E-state index in [2.05, 4.69) is 32.6 Å². The number of hydrogen-bond acceptors (Lipinski definition) is 6. The molecule has 0 aliphatic heterocycles. The molecular formula is C8H12N4O2S2. The predicted octanol–water partition coefficient (Wildman–Crippen LogP) is 0.220. The van der Waals surface area contributed by atoms with Crippen molar-refractivity contribution in [3.8, 4) is 0 Å². The Hall–Kier alpha value is -1.15. The molecule has 0 saturated heterocycles. The van der Waals surface area contributed by atoms with Crippen molar-refractivity contribution in [1.82, 2.24) is 14.7 Å². The van der Waals surface area contributed by atoms with Crippen molar-refractivity contribution >= 4 is 41.1 Å². The lowest BCUT2D eigenvalue weighted by Gasteiger charge is -2.13. The maximum absolute atomic E-state index is 11.7. The summed E-state index contributed by atoms with van der Waals surface area (Å²) in [4.78, 5) is 26.5. The summed E-state index contributed by atoms with van der Waals surface area (Å²) in [5.41, 5.74) is 0. The maximum atomic E-state index is 11.7. The van der Waals surface area contributed by atoms with E-state index in [9.17, 15) is 9.59 Å². The molecule has 0 aliphatic rings. The molecule has 16 heavy (non-hydrogen) atoms. The van der Waals surface area contributed by atoms with Crippen LogP contribution in [-0.2, 0) is 9.59 Å². The number of carbonyl (C=O) groups excluding carboxylic acids is 2. The number of nitrogens with zero attached hydrogens (tertiary/aromatic N) is 2. The van der Waals surface area contributed by atoms with Crippen molar-refractivity contribution in [3.63, 3.8) is 0 Å². The van der Waals surface area contributed by atoms with Gasteiger partial charge in [-0.25, -0.2) is 4.98 Å². The number of nitrogens with one attached hydrogen (secondary N) is 2. The van der Waals surface area contributed by atoms with Crippen molar-refractivity contribution in [2.75, 3.05) is 11.1 Å². The number of anilines is 1. The van der Waals surface area contributed by atoms with Gasteiger partial charge >= 0.3 is 0 Å². The molecule has 0 radical (unpaired) electrons. The first-order valence-corrected chi connectivity index (χ1v) is 5.92. The molecule has 2 amide bonds. The third-order valence-electron chi connectivity index (χ3n) is 1.63. The predicted molar refractivity (Wildman–Crippen MR) is 64.7 cm³/mol. The van der Waals surface area contributed by atoms with E-state index in [1.807, 2.05) is 0 Å². The number of rotatable bonds is 4. The van der Waals surface area contributed by atoms with Gasteiger partial charge in [-0.2, -0.15) is 17.0 Å². The summed E-state index contributed by atoms with van der Waals surface area (Å²) in [5.74, 6) is 0.203. The van der Waals surface area contributed by atoms with Crippen molar-refractivity contribution in [2.45, 2.75) is 19.9 Å². The third kappa shape index (κ3) is 3.78. The lowest BCUT2D eigenvalue weighted by atomic mass is 10.3. The molecular weight excluding hydrogens is 248 g/mol. The molecule has 88 valence electrons. The fraction of sp³-hybridized carbons (Fsp3) is 0.500. The van der Waals surface area contributed by atoms with E-state index in [1.54, 1.807) is 6.92 Å². The SMILES string of the molecule is CC(=O)NC(CS)C(=O)Nc1nc(C)ns1. The minimum atomic E-state index is -0.662. The van der Waals surface area contributed by atoms with Crippen molar-refractivity contribution in [1.29, 1.82) is 0 Å². The van der Waals surface area contributed by atoms with Crippen LogP contribution in [0.4, 0.5) is 5.13 Å². The monoisotopic (exact) mass is 260 g/mol. The van der Waals surface area contributed by atoms with Crippen LogP contribution in [0.2, 0.25) is 0 Å². The Labute approximate surface area is 102 Å². The molecule has 0 saturated carbocycles. The summed E-state index contributed by atoms with van der Waals surface area (Å²) < 4.78 is 3.93. The lowest BCUT2D eigenvalue weighted by Crippen LogP contribution is -2.44. The van der Waals surface area contributed by atoms with Gasteiger partial charge in [0.2, 0.25) is 16.9 Å². The van der Waals surface area contributed by atoms with E-state index < -0.39 is 6.04 Å². The Kier molecular flexibility index (Phi) is 4.69. The summed E-state index contributed by atoms with van der Waals surface area (Å²) in [6.07, 6.45) is 0. The van der Waals surface area contributed by atoms with Gasteiger partial charge in [-0.3, -0.25) is 14.9 Å². The minimum absolute atomic E-state index is 0.225. The largest absolute Gasteiger partial charge is 0.344 e. The second-order valence-corrected chi connectivity index (χ2v) is 4.19. The van der Waals surface area contributed by atoms with Crippen LogP contribution in [0.15, 0.2) is 0 Å². The Morgan fingerprint density at radius 1 is 1.56 bits per heavy atom. The zero-order valence-electron chi connectivity index (χ0n) is 8.85. The Morgan fingerprint density at radius 3 is 2.69 bits per heavy atom. The summed E-state index contributed by atoms with van der Waals surface area (Å²) in [7, 11) is 0. The first kappa shape index (κ1) is 12.9. The maximum Gasteiger partial charge on any atom is 0.249 e. The molecule has 2 N–H and O–H groups in total. The van der Waals surface area contributed by atoms with Gasteiger partial charge in [-0.1, -0.05) is 0 Å². The van der Waals surface area contributed by atoms with Crippen molar-refractivity contribution < 1.29 is 9.59 Å². The number of aromatic nitrogens is 2. The zero-order valence-corrected chi connectivity index (χ0v) is 10.6. The third-order valence-corrected chi connectivity index (χ3v) is 2.72. The van der Waals surface area contributed by atoms with E-state index in [1.165, 1.54) is 6.92 Å². The van der Waals surface area contributed by atoms with Crippen LogP contribution in [0.3, 0.4) is 0 Å². The molecule has 0 aromatic carbocycles. The molecule has 1 rings (SSSR count). The molecule has 1 atom stereocenters. The van der Waals surface area contributed by atoms with Crippen LogP contribution < -0.4 is 10.6 Å². The molecule has 1 heterocycles. The number of hydrogen-bond donors (Lipinski definition) is 3. The molecule has 8 heteroatoms. The molecule has 1 unspecified atom stereocenters. The molecule has 1 aromatic rings. The van der Waals surface area contributed by atoms with Gasteiger partial charge in [0.05, 0.1) is 0 Å². The van der Waals surface area contributed by atoms with Gasteiger partial charge in [0, 0.05) is 24.2 Å². The highest BCUT2D eigenvalue weighted by Crippen LogP contribution is 2.10. The summed E-state index contributed by atoms with van der Waals surface area (Å²) in [6, 6.07) is -0.662. The van der Waals surface area contributed by atoms with E-state index in [0.29, 0.717) is 11.0 Å². The summed E-state index contributed by atoms with van der Waals surface area (Å²) in [6.45, 7) is 3.08. The average Bonchev–Trinajstić information content (AvgIpc) is 2.60. The number of carbonyl (C=O) groups is 2. The minimum Gasteiger partial charge on any atom is -0.344 e. The molecule has 0 aliphatic carbocycles. The van der Waals surface area contributed by atoms with E-state index in [-0.39, 0.29) is 17.6 Å². The Balaban J connectivity index is 2.59. The second kappa shape index (κ2) is 5.80. The topological polar surface area (TPSA) is 84.0 Å². The van der Waals surface area contributed by atoms with E-state index >= 15 is 0 Å². The fourth-order valence-corrected chi connectivity index (χ4v) is 1.82. The fourth-order valence-electron chi connectivity index (χ4n) is 0.980. The molecule has 1 aromatic heterocycles. The first-order valence-electron chi connectivity index (χ1n) is 4.52. The van der Waals surface area contributed by atoms with Gasteiger partial charge in [0.25, 0.3) is 0 Å². The van der Waals surface area contributed by atoms with Crippen LogP contribution in [0, 0.1) is 6.92 Å². The zero-order chi connectivity index (χ0) is 12.1. The second-order valence-electron chi connectivity index (χ2n) is 3.07. The first-order chi connectivity index (χ1) is 7.52. The van der Waals surface area contributed by atoms with Gasteiger partial charge in [-0.15, -0.1) is 0 Å². The highest BCUT2D eigenvalue weighted by Gasteiger charge is 2.18. The van der Waals surface area contributed by atoms with Gasteiger partial charge in [0.1, 0.15) is 11.9 Å². The van der Waals surface area contributed by atoms with Crippen LogP contribution >= 0.6 is 24.2 Å². The van der Waals surface area contributed by atoms with Crippen molar-refractivity contribution in [2.24, 2.45) is 0 Å². The molecule has 0 fully saturated rings. The lowest BCUT2D eigenvalue weighted by molar-refractivity contribution is -0.124. The Bertz CT molecular complexity index is 393. The van der Waals surface area contributed by atoms with Crippen LogP contribution in [0.25, 0.3) is 0 Å². The quantitative estimate of drug-likeness (QED) is 0.676. The van der Waals surface area contributed by atoms with Gasteiger partial charge in [0.15, 0.2) is 0 Å². The van der Waals surface area contributed by atoms with Crippen LogP contribution in [0.1, 0.15) is 12.7 Å². The van der Waals surface area contributed by atoms with Crippen LogP contribution in [-0.4, -0.2) is 33.0 Å². The standard InChI is InChI=1S/C8H12N4O2S2/c1-4-9-8(16-12-4)11-7(14)6(3-15)10-5(2)13/h6,15H,3H2,1-2H3,(H,10,13)(H,9,11,12,14). The molecule has 0 spiro atoms. The van der Waals surface area contributed by atoms with Gasteiger partial charge in [-0.05, 0) is 6.92 Å². The Morgan fingerprint density at radius 2 is 2.25 bits per heavy atom. The highest BCUT2D eigenvalue weighted by molar-refractivity contribution is 7.80. The molecule has 6 nitrogen and oxygen atoms in total. The summed E-state index contributed by atoms with van der Waals surface area (Å²) >= 11 is 5.09. The number of thiol groups is 1. The highest BCUT2D eigenvalue weighted by atomic mass is 32.1.